The Morgan fingerprint density at radius 1 is 1.03 bits per heavy atom. The zero-order valence-corrected chi connectivity index (χ0v) is 19.5. The number of ether oxygens (including phenoxy) is 2. The van der Waals surface area contributed by atoms with Gasteiger partial charge in [0.15, 0.2) is 12.4 Å². The Kier molecular flexibility index (Phi) is 6.30. The first-order chi connectivity index (χ1) is 17.3. The largest absolute Gasteiger partial charge is 0.484 e. The Hall–Kier alpha value is -4.01. The smallest absolute Gasteiger partial charge is 0.416 e. The Labute approximate surface area is 206 Å². The van der Waals surface area contributed by atoms with Crippen molar-refractivity contribution >= 4 is 17.4 Å². The van der Waals surface area contributed by atoms with Gasteiger partial charge in [-0.15, -0.1) is 0 Å². The third-order valence-electron chi connectivity index (χ3n) is 6.21. The second kappa shape index (κ2) is 9.56. The van der Waals surface area contributed by atoms with Gasteiger partial charge in [0.25, 0.3) is 5.91 Å². The molecule has 0 radical (unpaired) electrons. The Bertz CT molecular complexity index is 1290. The fourth-order valence-corrected chi connectivity index (χ4v) is 4.41. The summed E-state index contributed by atoms with van der Waals surface area (Å²) in [7, 11) is 0. The van der Waals surface area contributed by atoms with Gasteiger partial charge in [-0.3, -0.25) is 4.79 Å². The van der Waals surface area contributed by atoms with Crippen LogP contribution in [0.5, 0.6) is 17.2 Å². The van der Waals surface area contributed by atoms with Gasteiger partial charge in [0, 0.05) is 25.7 Å². The summed E-state index contributed by atoms with van der Waals surface area (Å²) in [6.45, 7) is 3.21. The molecule has 0 saturated carbocycles. The second-order valence-electron chi connectivity index (χ2n) is 8.70. The number of fused-ring (bicyclic) bond motifs is 2. The lowest BCUT2D eigenvalue weighted by Crippen LogP contribution is -2.56. The molecular formula is C27H24F3N3O3. The molecule has 1 saturated heterocycles. The van der Waals surface area contributed by atoms with E-state index < -0.39 is 11.7 Å². The number of rotatable bonds is 3. The zero-order valence-electron chi connectivity index (χ0n) is 19.5. The Balaban J connectivity index is 1.38. The summed E-state index contributed by atoms with van der Waals surface area (Å²) in [5.74, 6) is 1.78. The van der Waals surface area contributed by atoms with Gasteiger partial charge >= 0.3 is 6.18 Å². The average molecular weight is 496 g/mol. The van der Waals surface area contributed by atoms with Crippen LogP contribution in [-0.2, 0) is 11.0 Å². The molecule has 0 aliphatic carbocycles. The van der Waals surface area contributed by atoms with Crippen molar-refractivity contribution in [2.75, 3.05) is 26.2 Å². The maximum atomic E-state index is 13.4. The molecular weight excluding hydrogens is 471 g/mol. The number of amidine groups is 1. The van der Waals surface area contributed by atoms with Crippen LogP contribution in [0.1, 0.15) is 18.1 Å². The molecule has 1 amide bonds. The Morgan fingerprint density at radius 2 is 1.78 bits per heavy atom. The maximum Gasteiger partial charge on any atom is 0.416 e. The third kappa shape index (κ3) is 4.86. The summed E-state index contributed by atoms with van der Waals surface area (Å²) < 4.78 is 51.7. The number of hydrogen-bond acceptors (Lipinski definition) is 5. The molecule has 0 spiro atoms. The topological polar surface area (TPSA) is 54.4 Å². The van der Waals surface area contributed by atoms with Gasteiger partial charge in [-0.1, -0.05) is 30.3 Å². The molecule has 36 heavy (non-hydrogen) atoms. The van der Waals surface area contributed by atoms with E-state index in [1.165, 1.54) is 6.07 Å². The quantitative estimate of drug-likeness (QED) is 0.482. The van der Waals surface area contributed by atoms with E-state index in [1.807, 2.05) is 42.2 Å². The molecule has 0 N–H and O–H groups in total. The van der Waals surface area contributed by atoms with Crippen LogP contribution in [0, 0.1) is 0 Å². The van der Waals surface area contributed by atoms with Crippen molar-refractivity contribution in [1.29, 1.82) is 0 Å². The number of alkyl halides is 3. The van der Waals surface area contributed by atoms with Crippen LogP contribution < -0.4 is 9.47 Å². The summed E-state index contributed by atoms with van der Waals surface area (Å²) >= 11 is 0. The zero-order chi connectivity index (χ0) is 25.3. The molecule has 1 atom stereocenters. The minimum Gasteiger partial charge on any atom is -0.484 e. The lowest BCUT2D eigenvalue weighted by atomic mass is 10.1. The number of carbonyl (C=O) groups excluding carboxylic acids is 1. The van der Waals surface area contributed by atoms with E-state index in [1.54, 1.807) is 29.2 Å². The number of para-hydroxylation sites is 2. The highest BCUT2D eigenvalue weighted by Crippen LogP contribution is 2.41. The van der Waals surface area contributed by atoms with Gasteiger partial charge in [-0.25, -0.2) is 4.99 Å². The van der Waals surface area contributed by atoms with E-state index in [2.05, 4.69) is 4.99 Å². The summed E-state index contributed by atoms with van der Waals surface area (Å²) in [6, 6.07) is 19.5. The number of amides is 1. The van der Waals surface area contributed by atoms with Crippen molar-refractivity contribution in [2.45, 2.75) is 19.1 Å². The monoisotopic (exact) mass is 495 g/mol. The normalized spacial score (nSPS) is 17.3. The molecule has 1 fully saturated rings. The third-order valence-corrected chi connectivity index (χ3v) is 6.21. The molecule has 2 aliphatic rings. The molecule has 2 aliphatic heterocycles. The molecule has 9 heteroatoms. The fraction of sp³-hybridized carbons (Fsp3) is 0.259. The SMILES string of the molecule is CC1CN(C2=Nc3cc(C(F)(F)F)ccc3Oc3ccccc32)CCN1C(=O)COc1ccccc1. The van der Waals surface area contributed by atoms with Crippen LogP contribution in [0.25, 0.3) is 0 Å². The minimum atomic E-state index is -4.49. The highest BCUT2D eigenvalue weighted by Gasteiger charge is 2.34. The minimum absolute atomic E-state index is 0.0699. The first-order valence-corrected chi connectivity index (χ1v) is 11.6. The van der Waals surface area contributed by atoms with Gasteiger partial charge in [-0.05, 0) is 49.4 Å². The number of benzene rings is 3. The first kappa shape index (κ1) is 23.7. The van der Waals surface area contributed by atoms with Crippen LogP contribution in [0.4, 0.5) is 18.9 Å². The van der Waals surface area contributed by atoms with Crippen LogP contribution in [-0.4, -0.2) is 53.8 Å². The van der Waals surface area contributed by atoms with Crippen LogP contribution in [0.2, 0.25) is 0 Å². The average Bonchev–Trinajstić information content (AvgIpc) is 3.03. The maximum absolute atomic E-state index is 13.4. The number of halogens is 3. The molecule has 5 rings (SSSR count). The lowest BCUT2D eigenvalue weighted by molar-refractivity contribution is -0.138. The molecule has 3 aromatic rings. The van der Waals surface area contributed by atoms with Gasteiger partial charge in [0.2, 0.25) is 0 Å². The van der Waals surface area contributed by atoms with E-state index in [0.717, 1.165) is 12.1 Å². The van der Waals surface area contributed by atoms with E-state index in [0.29, 0.717) is 42.5 Å². The highest BCUT2D eigenvalue weighted by atomic mass is 19.4. The van der Waals surface area contributed by atoms with Crippen molar-refractivity contribution in [3.05, 3.63) is 83.9 Å². The van der Waals surface area contributed by atoms with Gasteiger partial charge in [0.1, 0.15) is 23.0 Å². The molecule has 1 unspecified atom stereocenters. The predicted molar refractivity (Wildman–Crippen MR) is 129 cm³/mol. The van der Waals surface area contributed by atoms with Crippen molar-refractivity contribution in [1.82, 2.24) is 9.80 Å². The van der Waals surface area contributed by atoms with Gasteiger partial charge in [0.05, 0.1) is 11.1 Å². The summed E-state index contributed by atoms with van der Waals surface area (Å²) in [4.78, 5) is 21.2. The standard InChI is InChI=1S/C27H24F3N3O3/c1-18-16-32(13-14-33(18)25(34)17-35-20-7-3-2-4-8-20)26-21-9-5-6-10-23(21)36-24-12-11-19(27(28,29)30)15-22(24)31-26/h2-12,15,18H,13-14,16-17H2,1H3. The first-order valence-electron chi connectivity index (χ1n) is 11.6. The van der Waals surface area contributed by atoms with Crippen LogP contribution in [0.15, 0.2) is 77.8 Å². The molecule has 3 aromatic carbocycles. The van der Waals surface area contributed by atoms with Crippen molar-refractivity contribution < 1.29 is 27.4 Å². The van der Waals surface area contributed by atoms with Crippen molar-refractivity contribution in [3.63, 3.8) is 0 Å². The molecule has 0 aromatic heterocycles. The molecule has 0 bridgehead atoms. The second-order valence-corrected chi connectivity index (χ2v) is 8.70. The molecule has 2 heterocycles. The number of carbonyl (C=O) groups is 1. The van der Waals surface area contributed by atoms with Gasteiger partial charge < -0.3 is 19.3 Å². The van der Waals surface area contributed by atoms with Crippen LogP contribution >= 0.6 is 0 Å². The van der Waals surface area contributed by atoms with E-state index in [-0.39, 0.29) is 30.0 Å². The van der Waals surface area contributed by atoms with E-state index >= 15 is 0 Å². The number of aliphatic imine (C=N–C) groups is 1. The van der Waals surface area contributed by atoms with E-state index in [9.17, 15) is 18.0 Å². The lowest BCUT2D eigenvalue weighted by Gasteiger charge is -2.41. The number of piperazine rings is 1. The Morgan fingerprint density at radius 3 is 2.53 bits per heavy atom. The van der Waals surface area contributed by atoms with E-state index in [4.69, 9.17) is 9.47 Å². The molecule has 186 valence electrons. The predicted octanol–water partition coefficient (Wildman–Crippen LogP) is 5.50. The summed E-state index contributed by atoms with van der Waals surface area (Å²) in [6.07, 6.45) is -4.49. The highest BCUT2D eigenvalue weighted by molar-refractivity contribution is 6.04. The van der Waals surface area contributed by atoms with Crippen molar-refractivity contribution in [2.24, 2.45) is 4.99 Å². The van der Waals surface area contributed by atoms with Crippen molar-refractivity contribution in [3.8, 4) is 17.2 Å². The number of hydrogen-bond donors (Lipinski definition) is 0. The fourth-order valence-electron chi connectivity index (χ4n) is 4.41. The number of nitrogens with zero attached hydrogens (tertiary/aromatic N) is 3. The van der Waals surface area contributed by atoms with Gasteiger partial charge in [-0.2, -0.15) is 13.2 Å². The molecule has 6 nitrogen and oxygen atoms in total. The summed E-state index contributed by atoms with van der Waals surface area (Å²) in [5.41, 5.74) is 0.00111. The summed E-state index contributed by atoms with van der Waals surface area (Å²) in [5, 5.41) is 0. The van der Waals surface area contributed by atoms with Crippen LogP contribution in [0.3, 0.4) is 0 Å².